The molecule has 16 heavy (non-hydrogen) atoms. The number of carbonyl (C=O) groups is 1. The summed E-state index contributed by atoms with van der Waals surface area (Å²) >= 11 is 0. The zero-order valence-electron chi connectivity index (χ0n) is 9.44. The molecule has 3 nitrogen and oxygen atoms in total. The van der Waals surface area contributed by atoms with Crippen molar-refractivity contribution in [3.63, 3.8) is 0 Å². The molecule has 2 N–H and O–H groups in total. The summed E-state index contributed by atoms with van der Waals surface area (Å²) < 4.78 is 4.84. The molecular formula is C12H18ClNO2. The molecule has 0 bridgehead atoms. The molecule has 0 spiro atoms. The number of anilines is 1. The lowest BCUT2D eigenvalue weighted by Gasteiger charge is -2.02. The highest BCUT2D eigenvalue weighted by molar-refractivity contribution is 5.85. The first-order chi connectivity index (χ1) is 7.22. The van der Waals surface area contributed by atoms with E-state index in [9.17, 15) is 4.79 Å². The van der Waals surface area contributed by atoms with Crippen LogP contribution in [-0.4, -0.2) is 12.6 Å². The average molecular weight is 244 g/mol. The maximum Gasteiger partial charge on any atom is 0.305 e. The molecule has 0 aliphatic rings. The van der Waals surface area contributed by atoms with Crippen LogP contribution < -0.4 is 5.73 Å². The van der Waals surface area contributed by atoms with E-state index >= 15 is 0 Å². The highest BCUT2D eigenvalue weighted by Gasteiger charge is 2.01. The van der Waals surface area contributed by atoms with E-state index in [1.165, 1.54) is 5.56 Å². The monoisotopic (exact) mass is 243 g/mol. The molecule has 0 saturated heterocycles. The molecule has 0 radical (unpaired) electrons. The SMILES string of the molecule is CCOC(=O)CCCc1ccc(N)cc1.Cl. The Morgan fingerprint density at radius 2 is 1.94 bits per heavy atom. The fourth-order valence-corrected chi connectivity index (χ4v) is 1.35. The van der Waals surface area contributed by atoms with Gasteiger partial charge in [0.1, 0.15) is 0 Å². The number of hydrogen-bond acceptors (Lipinski definition) is 3. The fourth-order valence-electron chi connectivity index (χ4n) is 1.35. The number of nitrogens with two attached hydrogens (primary N) is 1. The summed E-state index contributed by atoms with van der Waals surface area (Å²) in [4.78, 5) is 11.0. The van der Waals surface area contributed by atoms with Crippen LogP contribution in [0, 0.1) is 0 Å². The van der Waals surface area contributed by atoms with E-state index in [2.05, 4.69) is 0 Å². The summed E-state index contributed by atoms with van der Waals surface area (Å²) in [7, 11) is 0. The van der Waals surface area contributed by atoms with E-state index in [4.69, 9.17) is 10.5 Å². The van der Waals surface area contributed by atoms with Gasteiger partial charge in [0.05, 0.1) is 6.61 Å². The van der Waals surface area contributed by atoms with Gasteiger partial charge in [-0.2, -0.15) is 0 Å². The number of hydrogen-bond donors (Lipinski definition) is 1. The lowest BCUT2D eigenvalue weighted by molar-refractivity contribution is -0.143. The van der Waals surface area contributed by atoms with Crippen LogP contribution in [0.25, 0.3) is 0 Å². The minimum Gasteiger partial charge on any atom is -0.466 e. The molecule has 1 rings (SSSR count). The van der Waals surface area contributed by atoms with Crippen LogP contribution in [0.15, 0.2) is 24.3 Å². The van der Waals surface area contributed by atoms with Crippen LogP contribution in [0.3, 0.4) is 0 Å². The van der Waals surface area contributed by atoms with Crippen LogP contribution in [0.1, 0.15) is 25.3 Å². The summed E-state index contributed by atoms with van der Waals surface area (Å²) in [6.07, 6.45) is 2.19. The zero-order valence-corrected chi connectivity index (χ0v) is 10.3. The topological polar surface area (TPSA) is 52.3 Å². The van der Waals surface area contributed by atoms with Crippen molar-refractivity contribution in [3.05, 3.63) is 29.8 Å². The summed E-state index contributed by atoms with van der Waals surface area (Å²) in [5.41, 5.74) is 7.54. The number of nitrogen functional groups attached to an aromatic ring is 1. The van der Waals surface area contributed by atoms with Gasteiger partial charge in [0, 0.05) is 12.1 Å². The minimum atomic E-state index is -0.118. The number of ether oxygens (including phenoxy) is 1. The number of halogens is 1. The molecule has 0 aliphatic heterocycles. The van der Waals surface area contributed by atoms with Gasteiger partial charge in [-0.15, -0.1) is 12.4 Å². The van der Waals surface area contributed by atoms with Gasteiger partial charge in [-0.3, -0.25) is 4.79 Å². The third kappa shape index (κ3) is 5.61. The van der Waals surface area contributed by atoms with E-state index in [1.54, 1.807) is 0 Å². The van der Waals surface area contributed by atoms with Crippen molar-refractivity contribution < 1.29 is 9.53 Å². The van der Waals surface area contributed by atoms with E-state index in [0.717, 1.165) is 18.5 Å². The maximum absolute atomic E-state index is 11.0. The Morgan fingerprint density at radius 1 is 1.31 bits per heavy atom. The summed E-state index contributed by atoms with van der Waals surface area (Å²) in [5, 5.41) is 0. The van der Waals surface area contributed by atoms with Gasteiger partial charge >= 0.3 is 5.97 Å². The van der Waals surface area contributed by atoms with Crippen LogP contribution in [0.2, 0.25) is 0 Å². The van der Waals surface area contributed by atoms with Gasteiger partial charge in [0.25, 0.3) is 0 Å². The Morgan fingerprint density at radius 3 is 2.50 bits per heavy atom. The molecule has 0 saturated carbocycles. The fraction of sp³-hybridized carbons (Fsp3) is 0.417. The second-order valence-corrected chi connectivity index (χ2v) is 3.40. The molecular weight excluding hydrogens is 226 g/mol. The maximum atomic E-state index is 11.0. The number of rotatable bonds is 5. The van der Waals surface area contributed by atoms with Crippen molar-refractivity contribution in [2.24, 2.45) is 0 Å². The second-order valence-electron chi connectivity index (χ2n) is 3.40. The standard InChI is InChI=1S/C12H17NO2.ClH/c1-2-15-12(14)5-3-4-10-6-8-11(13)9-7-10;/h6-9H,2-5,13H2,1H3;1H. The lowest BCUT2D eigenvalue weighted by Crippen LogP contribution is -2.03. The Bertz CT molecular complexity index is 311. The highest BCUT2D eigenvalue weighted by atomic mass is 35.5. The molecule has 0 aromatic heterocycles. The van der Waals surface area contributed by atoms with Gasteiger partial charge < -0.3 is 10.5 Å². The van der Waals surface area contributed by atoms with Crippen molar-refractivity contribution in [2.75, 3.05) is 12.3 Å². The Hall–Kier alpha value is -1.22. The summed E-state index contributed by atoms with van der Waals surface area (Å²) in [5.74, 6) is -0.118. The summed E-state index contributed by atoms with van der Waals surface area (Å²) in [6, 6.07) is 7.72. The highest BCUT2D eigenvalue weighted by Crippen LogP contribution is 2.09. The first-order valence-electron chi connectivity index (χ1n) is 5.22. The molecule has 0 atom stereocenters. The van der Waals surface area contributed by atoms with Crippen LogP contribution >= 0.6 is 12.4 Å². The first kappa shape index (κ1) is 14.8. The van der Waals surface area contributed by atoms with Crippen molar-refractivity contribution in [1.29, 1.82) is 0 Å². The largest absolute Gasteiger partial charge is 0.466 e. The van der Waals surface area contributed by atoms with E-state index in [0.29, 0.717) is 13.0 Å². The van der Waals surface area contributed by atoms with Gasteiger partial charge in [0.2, 0.25) is 0 Å². The lowest BCUT2D eigenvalue weighted by atomic mass is 10.1. The molecule has 0 fully saturated rings. The molecule has 1 aromatic rings. The predicted octanol–water partition coefficient (Wildman–Crippen LogP) is 2.58. The van der Waals surface area contributed by atoms with Gasteiger partial charge in [0.15, 0.2) is 0 Å². The predicted molar refractivity (Wildman–Crippen MR) is 67.7 cm³/mol. The van der Waals surface area contributed by atoms with Crippen molar-refractivity contribution in [2.45, 2.75) is 26.2 Å². The molecule has 0 unspecified atom stereocenters. The average Bonchev–Trinajstić information content (AvgIpc) is 2.21. The Balaban J connectivity index is 0.00000225. The zero-order chi connectivity index (χ0) is 11.1. The number of benzene rings is 1. The normalized spacial score (nSPS) is 9.31. The summed E-state index contributed by atoms with van der Waals surface area (Å²) in [6.45, 7) is 2.28. The number of carbonyl (C=O) groups excluding carboxylic acids is 1. The smallest absolute Gasteiger partial charge is 0.305 e. The van der Waals surface area contributed by atoms with Gasteiger partial charge in [-0.05, 0) is 37.5 Å². The second kappa shape index (κ2) is 7.99. The molecule has 1 aromatic carbocycles. The Kier molecular flexibility index (Phi) is 7.38. The Labute approximate surface area is 102 Å². The minimum absolute atomic E-state index is 0. The van der Waals surface area contributed by atoms with Crippen LogP contribution in [0.5, 0.6) is 0 Å². The quantitative estimate of drug-likeness (QED) is 0.639. The van der Waals surface area contributed by atoms with E-state index in [1.807, 2.05) is 31.2 Å². The van der Waals surface area contributed by atoms with Gasteiger partial charge in [-0.1, -0.05) is 12.1 Å². The van der Waals surface area contributed by atoms with Crippen molar-refractivity contribution in [1.82, 2.24) is 0 Å². The third-order valence-corrected chi connectivity index (χ3v) is 2.13. The van der Waals surface area contributed by atoms with Gasteiger partial charge in [-0.25, -0.2) is 0 Å². The molecule has 90 valence electrons. The molecule has 0 aliphatic carbocycles. The molecule has 0 heterocycles. The first-order valence-corrected chi connectivity index (χ1v) is 5.22. The van der Waals surface area contributed by atoms with E-state index < -0.39 is 0 Å². The van der Waals surface area contributed by atoms with Crippen LogP contribution in [0.4, 0.5) is 5.69 Å². The number of aryl methyl sites for hydroxylation is 1. The van der Waals surface area contributed by atoms with E-state index in [-0.39, 0.29) is 18.4 Å². The van der Waals surface area contributed by atoms with Crippen LogP contribution in [-0.2, 0) is 16.0 Å². The van der Waals surface area contributed by atoms with Crippen molar-refractivity contribution in [3.8, 4) is 0 Å². The molecule has 4 heteroatoms. The third-order valence-electron chi connectivity index (χ3n) is 2.13. The van der Waals surface area contributed by atoms with Crippen molar-refractivity contribution >= 4 is 24.1 Å². The molecule has 0 amide bonds. The number of esters is 1.